The van der Waals surface area contributed by atoms with E-state index in [0.717, 1.165) is 54.5 Å². The van der Waals surface area contributed by atoms with Gasteiger partial charge in [0, 0.05) is 49.9 Å². The molecule has 6 heteroatoms. The van der Waals surface area contributed by atoms with Crippen LogP contribution in [0.2, 0.25) is 0 Å². The lowest BCUT2D eigenvalue weighted by atomic mass is 10.1. The van der Waals surface area contributed by atoms with Crippen LogP contribution in [0.5, 0.6) is 0 Å². The van der Waals surface area contributed by atoms with Crippen LogP contribution >= 0.6 is 0 Å². The van der Waals surface area contributed by atoms with E-state index in [-0.39, 0.29) is 5.91 Å². The predicted molar refractivity (Wildman–Crippen MR) is 117 cm³/mol. The van der Waals surface area contributed by atoms with Gasteiger partial charge in [-0.2, -0.15) is 0 Å². The van der Waals surface area contributed by atoms with Crippen LogP contribution in [0.3, 0.4) is 0 Å². The maximum absolute atomic E-state index is 12.7. The molecule has 1 aromatic carbocycles. The molecule has 0 aliphatic carbocycles. The van der Waals surface area contributed by atoms with E-state index in [0.29, 0.717) is 5.69 Å². The van der Waals surface area contributed by atoms with Crippen molar-refractivity contribution in [3.05, 3.63) is 77.7 Å². The average molecular weight is 387 g/mol. The van der Waals surface area contributed by atoms with Crippen molar-refractivity contribution in [2.75, 3.05) is 41.3 Å². The summed E-state index contributed by atoms with van der Waals surface area (Å²) >= 11 is 0. The minimum Gasteiger partial charge on any atom is -0.368 e. The van der Waals surface area contributed by atoms with Crippen molar-refractivity contribution in [1.29, 1.82) is 0 Å². The number of hydrogen-bond acceptors (Lipinski definition) is 5. The fourth-order valence-electron chi connectivity index (χ4n) is 3.55. The number of anilines is 3. The topological polar surface area (TPSA) is 61.4 Å². The number of rotatable bonds is 4. The highest BCUT2D eigenvalue weighted by molar-refractivity contribution is 6.03. The lowest BCUT2D eigenvalue weighted by Gasteiger charge is -2.36. The second kappa shape index (κ2) is 8.31. The van der Waals surface area contributed by atoms with Gasteiger partial charge in [-0.05, 0) is 55.3 Å². The Morgan fingerprint density at radius 1 is 0.897 bits per heavy atom. The van der Waals surface area contributed by atoms with Crippen molar-refractivity contribution in [2.24, 2.45) is 0 Å². The van der Waals surface area contributed by atoms with Crippen LogP contribution in [-0.4, -0.2) is 42.1 Å². The molecule has 1 aliphatic heterocycles. The highest BCUT2D eigenvalue weighted by Crippen LogP contribution is 2.21. The van der Waals surface area contributed by atoms with Gasteiger partial charge in [0.15, 0.2) is 0 Å². The minimum absolute atomic E-state index is 0.187. The third-order valence-corrected chi connectivity index (χ3v) is 5.45. The molecular weight excluding hydrogens is 362 g/mol. The monoisotopic (exact) mass is 387 g/mol. The summed E-state index contributed by atoms with van der Waals surface area (Å²) in [4.78, 5) is 26.0. The molecule has 0 unspecified atom stereocenters. The van der Waals surface area contributed by atoms with Crippen LogP contribution in [0.1, 0.15) is 21.6 Å². The number of aromatic nitrogens is 2. The number of amides is 1. The van der Waals surface area contributed by atoms with Crippen molar-refractivity contribution < 1.29 is 4.79 Å². The van der Waals surface area contributed by atoms with Gasteiger partial charge in [0.1, 0.15) is 11.5 Å². The second-order valence-electron chi connectivity index (χ2n) is 7.26. The number of aryl methyl sites for hydroxylation is 1. The summed E-state index contributed by atoms with van der Waals surface area (Å²) in [5.41, 5.74) is 4.49. The SMILES string of the molecule is Cc1cccc(NC(=O)c2cc(N3CCN(c4ccccn4)CC3)ccn2)c1C. The fraction of sp³-hybridized carbons (Fsp3) is 0.261. The molecule has 3 aromatic rings. The fourth-order valence-corrected chi connectivity index (χ4v) is 3.55. The molecule has 0 radical (unpaired) electrons. The van der Waals surface area contributed by atoms with E-state index < -0.39 is 0 Å². The Bertz CT molecular complexity index is 997. The third-order valence-electron chi connectivity index (χ3n) is 5.45. The summed E-state index contributed by atoms with van der Waals surface area (Å²) in [6.45, 7) is 7.58. The van der Waals surface area contributed by atoms with E-state index >= 15 is 0 Å². The van der Waals surface area contributed by atoms with Crippen molar-refractivity contribution in [3.8, 4) is 0 Å². The summed E-state index contributed by atoms with van der Waals surface area (Å²) in [5.74, 6) is 0.822. The van der Waals surface area contributed by atoms with Gasteiger partial charge in [0.05, 0.1) is 0 Å². The number of pyridine rings is 2. The summed E-state index contributed by atoms with van der Waals surface area (Å²) in [6, 6.07) is 15.7. The van der Waals surface area contributed by atoms with Gasteiger partial charge < -0.3 is 15.1 Å². The Labute approximate surface area is 171 Å². The maximum Gasteiger partial charge on any atom is 0.274 e. The molecule has 0 bridgehead atoms. The van der Waals surface area contributed by atoms with Crippen molar-refractivity contribution >= 4 is 23.1 Å². The van der Waals surface area contributed by atoms with Gasteiger partial charge >= 0.3 is 0 Å². The van der Waals surface area contributed by atoms with Gasteiger partial charge in [0.2, 0.25) is 0 Å². The van der Waals surface area contributed by atoms with Crippen LogP contribution in [0.4, 0.5) is 17.2 Å². The summed E-state index contributed by atoms with van der Waals surface area (Å²) in [6.07, 6.45) is 3.53. The summed E-state index contributed by atoms with van der Waals surface area (Å²) in [5, 5.41) is 2.99. The van der Waals surface area contributed by atoms with Gasteiger partial charge in [-0.1, -0.05) is 18.2 Å². The standard InChI is InChI=1S/C23H25N5O/c1-17-6-5-7-20(18(17)2)26-23(29)21-16-19(9-11-24-21)27-12-14-28(15-13-27)22-8-3-4-10-25-22/h3-11,16H,12-15H2,1-2H3,(H,26,29). The summed E-state index contributed by atoms with van der Waals surface area (Å²) in [7, 11) is 0. The molecule has 4 rings (SSSR count). The predicted octanol–water partition coefficient (Wildman–Crippen LogP) is 3.67. The first-order valence-electron chi connectivity index (χ1n) is 9.86. The second-order valence-corrected chi connectivity index (χ2v) is 7.26. The van der Waals surface area contributed by atoms with Crippen molar-refractivity contribution in [2.45, 2.75) is 13.8 Å². The van der Waals surface area contributed by atoms with Gasteiger partial charge in [0.25, 0.3) is 5.91 Å². The van der Waals surface area contributed by atoms with Crippen molar-refractivity contribution in [1.82, 2.24) is 9.97 Å². The molecule has 1 fully saturated rings. The van der Waals surface area contributed by atoms with E-state index in [1.807, 2.05) is 68.6 Å². The zero-order chi connectivity index (χ0) is 20.2. The molecule has 3 heterocycles. The number of piperazine rings is 1. The molecular formula is C23H25N5O. The normalized spacial score (nSPS) is 14.0. The molecule has 0 atom stereocenters. The zero-order valence-corrected chi connectivity index (χ0v) is 16.8. The molecule has 1 saturated heterocycles. The molecule has 1 aliphatic rings. The molecule has 1 amide bonds. The van der Waals surface area contributed by atoms with Gasteiger partial charge in [-0.25, -0.2) is 4.98 Å². The lowest BCUT2D eigenvalue weighted by molar-refractivity contribution is 0.102. The first kappa shape index (κ1) is 18.9. The molecule has 1 N–H and O–H groups in total. The van der Waals surface area contributed by atoms with Crippen LogP contribution < -0.4 is 15.1 Å². The van der Waals surface area contributed by atoms with E-state index in [2.05, 4.69) is 25.1 Å². The van der Waals surface area contributed by atoms with Crippen LogP contribution in [-0.2, 0) is 0 Å². The third kappa shape index (κ3) is 4.21. The first-order chi connectivity index (χ1) is 14.1. The number of benzene rings is 1. The Morgan fingerprint density at radius 2 is 1.69 bits per heavy atom. The van der Waals surface area contributed by atoms with Gasteiger partial charge in [-0.3, -0.25) is 9.78 Å². The van der Waals surface area contributed by atoms with Crippen LogP contribution in [0, 0.1) is 13.8 Å². The number of hydrogen-bond donors (Lipinski definition) is 1. The number of nitrogens with zero attached hydrogens (tertiary/aromatic N) is 4. The summed E-state index contributed by atoms with van der Waals surface area (Å²) < 4.78 is 0. The quantitative estimate of drug-likeness (QED) is 0.740. The molecule has 0 spiro atoms. The lowest BCUT2D eigenvalue weighted by Crippen LogP contribution is -2.46. The van der Waals surface area contributed by atoms with Crippen LogP contribution in [0.25, 0.3) is 0 Å². The Balaban J connectivity index is 1.44. The molecule has 0 saturated carbocycles. The number of carbonyl (C=O) groups excluding carboxylic acids is 1. The van der Waals surface area contributed by atoms with Gasteiger partial charge in [-0.15, -0.1) is 0 Å². The zero-order valence-electron chi connectivity index (χ0n) is 16.8. The van der Waals surface area contributed by atoms with Crippen molar-refractivity contribution in [3.63, 3.8) is 0 Å². The Hall–Kier alpha value is -3.41. The smallest absolute Gasteiger partial charge is 0.274 e. The van der Waals surface area contributed by atoms with E-state index in [4.69, 9.17) is 0 Å². The Kier molecular flexibility index (Phi) is 5.42. The van der Waals surface area contributed by atoms with E-state index in [1.165, 1.54) is 0 Å². The molecule has 148 valence electrons. The Morgan fingerprint density at radius 3 is 2.45 bits per heavy atom. The highest BCUT2D eigenvalue weighted by atomic mass is 16.1. The molecule has 2 aromatic heterocycles. The highest BCUT2D eigenvalue weighted by Gasteiger charge is 2.19. The van der Waals surface area contributed by atoms with Crippen LogP contribution in [0.15, 0.2) is 60.9 Å². The average Bonchev–Trinajstić information content (AvgIpc) is 2.78. The maximum atomic E-state index is 12.7. The molecule has 6 nitrogen and oxygen atoms in total. The minimum atomic E-state index is -0.187. The molecule has 29 heavy (non-hydrogen) atoms. The first-order valence-corrected chi connectivity index (χ1v) is 9.86. The number of carbonyl (C=O) groups is 1. The largest absolute Gasteiger partial charge is 0.368 e. The van der Waals surface area contributed by atoms with E-state index in [9.17, 15) is 4.79 Å². The van der Waals surface area contributed by atoms with E-state index in [1.54, 1.807) is 6.20 Å². The number of nitrogens with one attached hydrogen (secondary N) is 1.